The lowest BCUT2D eigenvalue weighted by Gasteiger charge is -2.22. The van der Waals surface area contributed by atoms with E-state index in [1.165, 1.54) is 12.1 Å². The first-order valence-electron chi connectivity index (χ1n) is 9.46. The van der Waals surface area contributed by atoms with Gasteiger partial charge in [-0.3, -0.25) is 9.59 Å². The smallest absolute Gasteiger partial charge is 0.227 e. The van der Waals surface area contributed by atoms with Gasteiger partial charge < -0.3 is 9.80 Å². The third-order valence-corrected chi connectivity index (χ3v) is 4.94. The molecule has 0 unspecified atom stereocenters. The molecule has 0 saturated carbocycles. The van der Waals surface area contributed by atoms with E-state index in [-0.39, 0.29) is 24.1 Å². The van der Waals surface area contributed by atoms with Crippen LogP contribution >= 0.6 is 0 Å². The van der Waals surface area contributed by atoms with E-state index >= 15 is 0 Å². The Kier molecular flexibility index (Phi) is 6.58. The van der Waals surface area contributed by atoms with Gasteiger partial charge in [-0.25, -0.2) is 4.39 Å². The van der Waals surface area contributed by atoms with Gasteiger partial charge in [0, 0.05) is 32.6 Å². The molecule has 1 saturated heterocycles. The summed E-state index contributed by atoms with van der Waals surface area (Å²) >= 11 is 0. The summed E-state index contributed by atoms with van der Waals surface area (Å²) in [7, 11) is 0. The van der Waals surface area contributed by atoms with Gasteiger partial charge in [0.25, 0.3) is 0 Å². The minimum Gasteiger partial charge on any atom is -0.341 e. The number of nitrogens with zero attached hydrogens (tertiary/aromatic N) is 2. The SMILES string of the molecule is O=C(CCc1ccccc1)N1CCCN(C(=O)Cc2ccc(F)cc2)CC1. The first-order chi connectivity index (χ1) is 13.1. The van der Waals surface area contributed by atoms with Crippen LogP contribution in [0.1, 0.15) is 24.0 Å². The van der Waals surface area contributed by atoms with E-state index in [2.05, 4.69) is 0 Å². The molecule has 0 aliphatic carbocycles. The monoisotopic (exact) mass is 368 g/mol. The van der Waals surface area contributed by atoms with Crippen LogP contribution in [-0.2, 0) is 22.4 Å². The van der Waals surface area contributed by atoms with Gasteiger partial charge in [0.05, 0.1) is 6.42 Å². The van der Waals surface area contributed by atoms with Crippen LogP contribution in [0.3, 0.4) is 0 Å². The van der Waals surface area contributed by atoms with Crippen molar-refractivity contribution >= 4 is 11.8 Å². The van der Waals surface area contributed by atoms with Crippen LogP contribution in [0.2, 0.25) is 0 Å². The molecular formula is C22H25FN2O2. The summed E-state index contributed by atoms with van der Waals surface area (Å²) in [6, 6.07) is 16.0. The molecule has 1 heterocycles. The Labute approximate surface area is 159 Å². The maximum absolute atomic E-state index is 13.0. The number of halogens is 1. The summed E-state index contributed by atoms with van der Waals surface area (Å²) in [5.41, 5.74) is 1.97. The summed E-state index contributed by atoms with van der Waals surface area (Å²) in [5.74, 6) is -0.127. The van der Waals surface area contributed by atoms with Crippen molar-refractivity contribution in [3.8, 4) is 0 Å². The van der Waals surface area contributed by atoms with E-state index in [1.807, 2.05) is 40.1 Å². The Morgan fingerprint density at radius 1 is 0.778 bits per heavy atom. The molecule has 2 amide bonds. The second-order valence-electron chi connectivity index (χ2n) is 6.90. The maximum Gasteiger partial charge on any atom is 0.227 e. The van der Waals surface area contributed by atoms with Gasteiger partial charge in [-0.05, 0) is 36.1 Å². The van der Waals surface area contributed by atoms with Crippen molar-refractivity contribution in [2.24, 2.45) is 0 Å². The zero-order chi connectivity index (χ0) is 19.1. The number of hydrogen-bond acceptors (Lipinski definition) is 2. The summed E-state index contributed by atoms with van der Waals surface area (Å²) < 4.78 is 13.0. The van der Waals surface area contributed by atoms with E-state index < -0.39 is 0 Å². The summed E-state index contributed by atoms with van der Waals surface area (Å²) in [6.07, 6.45) is 2.28. The molecule has 0 aromatic heterocycles. The molecule has 2 aromatic rings. The fourth-order valence-electron chi connectivity index (χ4n) is 3.36. The van der Waals surface area contributed by atoms with Crippen molar-refractivity contribution in [3.63, 3.8) is 0 Å². The second kappa shape index (κ2) is 9.31. The lowest BCUT2D eigenvalue weighted by Crippen LogP contribution is -2.38. The number of amides is 2. The molecule has 0 N–H and O–H groups in total. The molecule has 27 heavy (non-hydrogen) atoms. The number of rotatable bonds is 5. The van der Waals surface area contributed by atoms with Crippen molar-refractivity contribution in [1.29, 1.82) is 0 Å². The molecule has 5 heteroatoms. The third kappa shape index (κ3) is 5.64. The van der Waals surface area contributed by atoms with E-state index in [0.717, 1.165) is 24.0 Å². The average Bonchev–Trinajstić information content (AvgIpc) is 2.95. The molecule has 2 aromatic carbocycles. The van der Waals surface area contributed by atoms with Gasteiger partial charge >= 0.3 is 0 Å². The fourth-order valence-corrected chi connectivity index (χ4v) is 3.36. The number of aryl methyl sites for hydroxylation is 1. The number of hydrogen-bond donors (Lipinski definition) is 0. The summed E-state index contributed by atoms with van der Waals surface area (Å²) in [4.78, 5) is 28.7. The maximum atomic E-state index is 13.0. The van der Waals surface area contributed by atoms with Crippen LogP contribution < -0.4 is 0 Å². The molecule has 142 valence electrons. The molecule has 1 aliphatic heterocycles. The second-order valence-corrected chi connectivity index (χ2v) is 6.90. The minimum atomic E-state index is -0.300. The Morgan fingerprint density at radius 3 is 2.07 bits per heavy atom. The lowest BCUT2D eigenvalue weighted by atomic mass is 10.1. The standard InChI is InChI=1S/C22H25FN2O2/c23-20-10-7-19(8-11-20)17-22(27)25-14-4-13-24(15-16-25)21(26)12-9-18-5-2-1-3-6-18/h1-3,5-8,10-11H,4,9,12-17H2. The quantitative estimate of drug-likeness (QED) is 0.814. The first kappa shape index (κ1) is 19.1. The van der Waals surface area contributed by atoms with Crippen molar-refractivity contribution in [3.05, 3.63) is 71.5 Å². The van der Waals surface area contributed by atoms with Crippen molar-refractivity contribution in [2.75, 3.05) is 26.2 Å². The van der Waals surface area contributed by atoms with Crippen LogP contribution in [-0.4, -0.2) is 47.8 Å². The van der Waals surface area contributed by atoms with Crippen LogP contribution in [0.15, 0.2) is 54.6 Å². The predicted octanol–water partition coefficient (Wildman–Crippen LogP) is 3.06. The average molecular weight is 368 g/mol. The van der Waals surface area contributed by atoms with E-state index in [9.17, 15) is 14.0 Å². The van der Waals surface area contributed by atoms with Gasteiger partial charge in [-0.2, -0.15) is 0 Å². The highest BCUT2D eigenvalue weighted by Gasteiger charge is 2.22. The first-order valence-corrected chi connectivity index (χ1v) is 9.46. The molecule has 1 fully saturated rings. The topological polar surface area (TPSA) is 40.6 Å². The largest absolute Gasteiger partial charge is 0.341 e. The zero-order valence-corrected chi connectivity index (χ0v) is 15.4. The fraction of sp³-hybridized carbons (Fsp3) is 0.364. The lowest BCUT2D eigenvalue weighted by molar-refractivity contribution is -0.133. The summed E-state index contributed by atoms with van der Waals surface area (Å²) in [6.45, 7) is 2.47. The van der Waals surface area contributed by atoms with Gasteiger partial charge in [-0.1, -0.05) is 42.5 Å². The normalized spacial score (nSPS) is 14.7. The Morgan fingerprint density at radius 2 is 1.41 bits per heavy atom. The molecule has 3 rings (SSSR count). The predicted molar refractivity (Wildman–Crippen MR) is 103 cm³/mol. The van der Waals surface area contributed by atoms with Gasteiger partial charge in [0.2, 0.25) is 11.8 Å². The molecule has 0 radical (unpaired) electrons. The van der Waals surface area contributed by atoms with Gasteiger partial charge in [-0.15, -0.1) is 0 Å². The number of carbonyl (C=O) groups is 2. The van der Waals surface area contributed by atoms with E-state index in [1.54, 1.807) is 12.1 Å². The Bertz CT molecular complexity index is 762. The van der Waals surface area contributed by atoms with Crippen LogP contribution in [0, 0.1) is 5.82 Å². The van der Waals surface area contributed by atoms with Crippen molar-refractivity contribution in [2.45, 2.75) is 25.7 Å². The van der Waals surface area contributed by atoms with E-state index in [4.69, 9.17) is 0 Å². The number of carbonyl (C=O) groups excluding carboxylic acids is 2. The minimum absolute atomic E-state index is 0.0280. The van der Waals surface area contributed by atoms with Gasteiger partial charge in [0.1, 0.15) is 5.82 Å². The van der Waals surface area contributed by atoms with E-state index in [0.29, 0.717) is 32.6 Å². The molecule has 1 aliphatic rings. The Hall–Kier alpha value is -2.69. The third-order valence-electron chi connectivity index (χ3n) is 4.94. The van der Waals surface area contributed by atoms with Crippen molar-refractivity contribution in [1.82, 2.24) is 9.80 Å². The highest BCUT2D eigenvalue weighted by Crippen LogP contribution is 2.11. The molecular weight excluding hydrogens is 343 g/mol. The van der Waals surface area contributed by atoms with Crippen LogP contribution in [0.4, 0.5) is 4.39 Å². The number of benzene rings is 2. The van der Waals surface area contributed by atoms with Gasteiger partial charge in [0.15, 0.2) is 0 Å². The highest BCUT2D eigenvalue weighted by molar-refractivity contribution is 5.79. The summed E-state index contributed by atoms with van der Waals surface area (Å²) in [5, 5.41) is 0. The molecule has 0 spiro atoms. The Balaban J connectivity index is 1.48. The molecule has 0 bridgehead atoms. The molecule has 4 nitrogen and oxygen atoms in total. The molecule has 0 atom stereocenters. The highest BCUT2D eigenvalue weighted by atomic mass is 19.1. The zero-order valence-electron chi connectivity index (χ0n) is 15.4. The van der Waals surface area contributed by atoms with Crippen LogP contribution in [0.25, 0.3) is 0 Å². The van der Waals surface area contributed by atoms with Crippen molar-refractivity contribution < 1.29 is 14.0 Å². The van der Waals surface area contributed by atoms with Crippen LogP contribution in [0.5, 0.6) is 0 Å².